The summed E-state index contributed by atoms with van der Waals surface area (Å²) in [5.74, 6) is -0.230. The Morgan fingerprint density at radius 3 is 2.60 bits per heavy atom. The first-order valence-corrected chi connectivity index (χ1v) is 4.79. The number of hydrogen-bond acceptors (Lipinski definition) is 6. The third-order valence-corrected chi connectivity index (χ3v) is 1.97. The molecule has 1 rings (SSSR count). The van der Waals surface area contributed by atoms with Crippen LogP contribution in [0.15, 0.2) is 0 Å². The highest BCUT2D eigenvalue weighted by molar-refractivity contribution is 5.80. The maximum absolute atomic E-state index is 11.2. The Morgan fingerprint density at radius 1 is 1.53 bits per heavy atom. The monoisotopic (exact) mass is 220 g/mol. The number of ketones is 1. The molecule has 2 unspecified atom stereocenters. The largest absolute Gasteiger partial charge is 0.394 e. The van der Waals surface area contributed by atoms with Crippen molar-refractivity contribution in [1.29, 1.82) is 0 Å². The van der Waals surface area contributed by atoms with Gasteiger partial charge in [0.25, 0.3) is 0 Å². The van der Waals surface area contributed by atoms with Crippen LogP contribution < -0.4 is 0 Å². The number of rotatable bonds is 6. The van der Waals surface area contributed by atoms with Crippen LogP contribution in [0.2, 0.25) is 0 Å². The Hall–Kier alpha value is -0.530. The second-order valence-electron chi connectivity index (χ2n) is 3.31. The van der Waals surface area contributed by atoms with Gasteiger partial charge in [-0.25, -0.2) is 0 Å². The van der Waals surface area contributed by atoms with Crippen molar-refractivity contribution in [1.82, 2.24) is 0 Å². The number of hydrogen-bond donors (Lipinski definition) is 2. The molecule has 6 heteroatoms. The highest BCUT2D eigenvalue weighted by Gasteiger charge is 2.31. The Balaban J connectivity index is 2.39. The van der Waals surface area contributed by atoms with E-state index in [1.807, 2.05) is 0 Å². The van der Waals surface area contributed by atoms with Gasteiger partial charge >= 0.3 is 0 Å². The average Bonchev–Trinajstić information content (AvgIpc) is 2.70. The van der Waals surface area contributed by atoms with Crippen LogP contribution in [0.25, 0.3) is 0 Å². The lowest BCUT2D eigenvalue weighted by molar-refractivity contribution is -0.169. The molecule has 88 valence electrons. The van der Waals surface area contributed by atoms with E-state index in [-0.39, 0.29) is 12.4 Å². The van der Waals surface area contributed by atoms with E-state index in [1.165, 1.54) is 6.92 Å². The number of carbonyl (C=O) groups is 1. The maximum Gasteiger partial charge on any atom is 0.191 e. The molecule has 0 saturated carbocycles. The van der Waals surface area contributed by atoms with E-state index in [2.05, 4.69) is 0 Å². The van der Waals surface area contributed by atoms with Crippen molar-refractivity contribution in [2.24, 2.45) is 0 Å². The van der Waals surface area contributed by atoms with Crippen LogP contribution in [-0.4, -0.2) is 60.9 Å². The van der Waals surface area contributed by atoms with Gasteiger partial charge in [0, 0.05) is 0 Å². The van der Waals surface area contributed by atoms with E-state index < -0.39 is 25.1 Å². The predicted molar refractivity (Wildman–Crippen MR) is 49.2 cm³/mol. The van der Waals surface area contributed by atoms with Crippen LogP contribution in [0.1, 0.15) is 6.92 Å². The van der Waals surface area contributed by atoms with Gasteiger partial charge in [0.15, 0.2) is 18.2 Å². The minimum atomic E-state index is -0.992. The summed E-state index contributed by atoms with van der Waals surface area (Å²) in [5, 5.41) is 17.6. The summed E-state index contributed by atoms with van der Waals surface area (Å²) in [6.45, 7) is 1.70. The maximum atomic E-state index is 11.2. The molecule has 6 nitrogen and oxygen atoms in total. The molecule has 1 aliphatic rings. The van der Waals surface area contributed by atoms with Crippen LogP contribution in [0.5, 0.6) is 0 Å². The van der Waals surface area contributed by atoms with Crippen LogP contribution >= 0.6 is 0 Å². The first kappa shape index (κ1) is 12.5. The van der Waals surface area contributed by atoms with Crippen molar-refractivity contribution in [2.75, 3.05) is 26.4 Å². The normalized spacial score (nSPS) is 21.5. The van der Waals surface area contributed by atoms with Gasteiger partial charge in [-0.3, -0.25) is 4.79 Å². The first-order valence-electron chi connectivity index (χ1n) is 4.79. The van der Waals surface area contributed by atoms with E-state index >= 15 is 0 Å². The predicted octanol–water partition coefficient (Wildman–Crippen LogP) is -1.31. The van der Waals surface area contributed by atoms with Crippen molar-refractivity contribution in [3.8, 4) is 0 Å². The standard InChI is InChI=1S/C9H16O6/c1-6(11)8(9-13-2-3-14-9)15-5-7(12)4-10/h7-10,12H,2-5H2,1H3. The minimum Gasteiger partial charge on any atom is -0.394 e. The summed E-state index contributed by atoms with van der Waals surface area (Å²) in [6, 6.07) is 0. The molecule has 0 radical (unpaired) electrons. The average molecular weight is 220 g/mol. The second-order valence-corrected chi connectivity index (χ2v) is 3.31. The number of carbonyl (C=O) groups excluding carboxylic acids is 1. The fourth-order valence-electron chi connectivity index (χ4n) is 1.21. The van der Waals surface area contributed by atoms with Gasteiger partial charge in [0.05, 0.1) is 26.4 Å². The van der Waals surface area contributed by atoms with Crippen LogP contribution in [0.3, 0.4) is 0 Å². The zero-order chi connectivity index (χ0) is 11.3. The summed E-state index contributed by atoms with van der Waals surface area (Å²) in [5.41, 5.74) is 0. The lowest BCUT2D eigenvalue weighted by Crippen LogP contribution is -2.38. The Labute approximate surface area is 87.7 Å². The van der Waals surface area contributed by atoms with Crippen molar-refractivity contribution in [2.45, 2.75) is 25.4 Å². The van der Waals surface area contributed by atoms with Gasteiger partial charge < -0.3 is 24.4 Å². The molecule has 0 aromatic heterocycles. The first-order chi connectivity index (χ1) is 7.15. The van der Waals surface area contributed by atoms with Gasteiger partial charge in [-0.2, -0.15) is 0 Å². The molecule has 0 aliphatic carbocycles. The molecule has 0 amide bonds. The van der Waals surface area contributed by atoms with E-state index in [9.17, 15) is 4.79 Å². The molecule has 0 aromatic carbocycles. The summed E-state index contributed by atoms with van der Waals surface area (Å²) < 4.78 is 15.4. The summed E-state index contributed by atoms with van der Waals surface area (Å²) in [6.07, 6.45) is -2.53. The number of Topliss-reactive ketones (excluding diaryl/α,β-unsaturated/α-hetero) is 1. The number of aliphatic hydroxyl groups excluding tert-OH is 2. The van der Waals surface area contributed by atoms with Crippen molar-refractivity contribution in [3.05, 3.63) is 0 Å². The molecular formula is C9H16O6. The summed E-state index contributed by atoms with van der Waals surface area (Å²) in [7, 11) is 0. The Kier molecular flexibility index (Phi) is 5.13. The molecule has 1 saturated heterocycles. The fraction of sp³-hybridized carbons (Fsp3) is 0.889. The lowest BCUT2D eigenvalue weighted by Gasteiger charge is -2.21. The van der Waals surface area contributed by atoms with Crippen LogP contribution in [0.4, 0.5) is 0 Å². The molecule has 0 aromatic rings. The molecule has 15 heavy (non-hydrogen) atoms. The minimum absolute atomic E-state index is 0.121. The van der Waals surface area contributed by atoms with Gasteiger partial charge in [0.2, 0.25) is 0 Å². The third kappa shape index (κ3) is 3.84. The number of ether oxygens (including phenoxy) is 3. The van der Waals surface area contributed by atoms with Crippen molar-refractivity contribution in [3.63, 3.8) is 0 Å². The van der Waals surface area contributed by atoms with Gasteiger partial charge in [-0.1, -0.05) is 0 Å². The third-order valence-electron chi connectivity index (χ3n) is 1.97. The second kappa shape index (κ2) is 6.14. The van der Waals surface area contributed by atoms with Gasteiger partial charge in [-0.05, 0) is 6.92 Å². The van der Waals surface area contributed by atoms with Crippen LogP contribution in [0, 0.1) is 0 Å². The van der Waals surface area contributed by atoms with Crippen LogP contribution in [-0.2, 0) is 19.0 Å². The molecule has 0 spiro atoms. The Bertz CT molecular complexity index is 201. The zero-order valence-corrected chi connectivity index (χ0v) is 8.59. The molecule has 2 atom stereocenters. The van der Waals surface area contributed by atoms with Crippen molar-refractivity contribution < 1.29 is 29.2 Å². The van der Waals surface area contributed by atoms with Gasteiger partial charge in [0.1, 0.15) is 6.10 Å². The molecule has 2 N–H and O–H groups in total. The van der Waals surface area contributed by atoms with E-state index in [0.717, 1.165) is 0 Å². The molecule has 1 fully saturated rings. The van der Waals surface area contributed by atoms with E-state index in [1.54, 1.807) is 0 Å². The lowest BCUT2D eigenvalue weighted by atomic mass is 10.2. The highest BCUT2D eigenvalue weighted by Crippen LogP contribution is 2.13. The summed E-state index contributed by atoms with van der Waals surface area (Å²) >= 11 is 0. The smallest absolute Gasteiger partial charge is 0.191 e. The zero-order valence-electron chi connectivity index (χ0n) is 8.59. The molecule has 1 aliphatic heterocycles. The SMILES string of the molecule is CC(=O)C(OCC(O)CO)C1OCCO1. The molecular weight excluding hydrogens is 204 g/mol. The Morgan fingerprint density at radius 2 is 2.13 bits per heavy atom. The fourth-order valence-corrected chi connectivity index (χ4v) is 1.21. The number of aliphatic hydroxyl groups is 2. The van der Waals surface area contributed by atoms with E-state index in [4.69, 9.17) is 24.4 Å². The molecule has 0 bridgehead atoms. The van der Waals surface area contributed by atoms with Gasteiger partial charge in [-0.15, -0.1) is 0 Å². The van der Waals surface area contributed by atoms with Crippen molar-refractivity contribution >= 4 is 5.78 Å². The summed E-state index contributed by atoms with van der Waals surface area (Å²) in [4.78, 5) is 11.2. The topological polar surface area (TPSA) is 85.2 Å². The highest BCUT2D eigenvalue weighted by atomic mass is 16.7. The molecule has 1 heterocycles. The van der Waals surface area contributed by atoms with E-state index in [0.29, 0.717) is 13.2 Å². The quantitative estimate of drug-likeness (QED) is 0.578.